The van der Waals surface area contributed by atoms with Crippen molar-refractivity contribution in [1.82, 2.24) is 5.32 Å². The third-order valence-electron chi connectivity index (χ3n) is 4.55. The van der Waals surface area contributed by atoms with Crippen LogP contribution in [-0.4, -0.2) is 32.7 Å². The lowest BCUT2D eigenvalue weighted by atomic mass is 10.1. The van der Waals surface area contributed by atoms with E-state index < -0.39 is 0 Å². The third-order valence-corrected chi connectivity index (χ3v) is 5.51. The van der Waals surface area contributed by atoms with Gasteiger partial charge in [0.1, 0.15) is 5.75 Å². The summed E-state index contributed by atoms with van der Waals surface area (Å²) in [5, 5.41) is 3.11. The molecule has 3 rings (SSSR count). The third kappa shape index (κ3) is 3.56. The molecule has 2 aromatic rings. The van der Waals surface area contributed by atoms with Gasteiger partial charge in [-0.3, -0.25) is 4.79 Å². The summed E-state index contributed by atoms with van der Waals surface area (Å²) in [7, 11) is 1.71. The van der Waals surface area contributed by atoms with E-state index in [1.165, 1.54) is 4.88 Å². The van der Waals surface area contributed by atoms with Crippen molar-refractivity contribution >= 4 is 22.9 Å². The standard InChI is InChI=1S/C19H24N2O2S/c1-13-10-16(14(2)24-13)19(22)20-11-15-8-9-21(12-15)17-6-4-5-7-18(17)23-3/h4-7,10,15H,8-9,11-12H2,1-3H3,(H,20,22)/t15-/m1/s1. The summed E-state index contributed by atoms with van der Waals surface area (Å²) < 4.78 is 5.45. The van der Waals surface area contributed by atoms with E-state index in [9.17, 15) is 4.79 Å². The molecule has 1 fully saturated rings. The van der Waals surface area contributed by atoms with Gasteiger partial charge in [-0.2, -0.15) is 0 Å². The second-order valence-electron chi connectivity index (χ2n) is 6.31. The van der Waals surface area contributed by atoms with Gasteiger partial charge in [0, 0.05) is 29.4 Å². The minimum absolute atomic E-state index is 0.0487. The number of carbonyl (C=O) groups is 1. The first-order valence-electron chi connectivity index (χ1n) is 8.31. The Balaban J connectivity index is 1.57. The smallest absolute Gasteiger partial charge is 0.252 e. The number of hydrogen-bond acceptors (Lipinski definition) is 4. The van der Waals surface area contributed by atoms with Gasteiger partial charge >= 0.3 is 0 Å². The summed E-state index contributed by atoms with van der Waals surface area (Å²) in [6, 6.07) is 10.1. The zero-order valence-corrected chi connectivity index (χ0v) is 15.3. The first kappa shape index (κ1) is 16.8. The van der Waals surface area contributed by atoms with Crippen LogP contribution < -0.4 is 15.0 Å². The molecule has 4 nitrogen and oxygen atoms in total. The molecule has 24 heavy (non-hydrogen) atoms. The summed E-state index contributed by atoms with van der Waals surface area (Å²) in [4.78, 5) is 17.0. The Morgan fingerprint density at radius 2 is 2.17 bits per heavy atom. The van der Waals surface area contributed by atoms with Crippen molar-refractivity contribution < 1.29 is 9.53 Å². The van der Waals surface area contributed by atoms with Crippen molar-refractivity contribution in [2.24, 2.45) is 5.92 Å². The highest BCUT2D eigenvalue weighted by Crippen LogP contribution is 2.31. The van der Waals surface area contributed by atoms with Gasteiger partial charge in [0.25, 0.3) is 5.91 Å². The zero-order valence-electron chi connectivity index (χ0n) is 14.5. The Labute approximate surface area is 147 Å². The van der Waals surface area contributed by atoms with E-state index in [-0.39, 0.29) is 5.91 Å². The van der Waals surface area contributed by atoms with E-state index in [1.54, 1.807) is 18.4 Å². The molecule has 1 aromatic heterocycles. The van der Waals surface area contributed by atoms with Gasteiger partial charge in [-0.25, -0.2) is 0 Å². The number of nitrogens with zero attached hydrogens (tertiary/aromatic N) is 1. The number of aryl methyl sites for hydroxylation is 2. The predicted molar refractivity (Wildman–Crippen MR) is 99.4 cm³/mol. The molecule has 2 heterocycles. The number of rotatable bonds is 5. The maximum Gasteiger partial charge on any atom is 0.252 e. The van der Waals surface area contributed by atoms with Gasteiger partial charge < -0.3 is 15.0 Å². The highest BCUT2D eigenvalue weighted by atomic mass is 32.1. The average molecular weight is 344 g/mol. The SMILES string of the molecule is COc1ccccc1N1CC[C@H](CNC(=O)c2cc(C)sc2C)C1. The molecule has 1 aliphatic rings. The van der Waals surface area contributed by atoms with E-state index >= 15 is 0 Å². The van der Waals surface area contributed by atoms with Gasteiger partial charge in [-0.1, -0.05) is 12.1 Å². The van der Waals surface area contributed by atoms with Crippen molar-refractivity contribution in [3.63, 3.8) is 0 Å². The minimum Gasteiger partial charge on any atom is -0.495 e. The normalized spacial score (nSPS) is 17.1. The Kier molecular flexibility index (Phi) is 5.09. The van der Waals surface area contributed by atoms with Crippen LogP contribution in [0.3, 0.4) is 0 Å². The molecule has 0 bridgehead atoms. The molecule has 0 radical (unpaired) electrons. The van der Waals surface area contributed by atoms with E-state index in [0.717, 1.165) is 47.9 Å². The fourth-order valence-electron chi connectivity index (χ4n) is 3.30. The highest BCUT2D eigenvalue weighted by Gasteiger charge is 2.25. The summed E-state index contributed by atoms with van der Waals surface area (Å²) >= 11 is 1.67. The molecule has 1 aliphatic heterocycles. The van der Waals surface area contributed by atoms with Gasteiger partial charge in [-0.05, 0) is 44.4 Å². The average Bonchev–Trinajstić information content (AvgIpc) is 3.18. The minimum atomic E-state index is 0.0487. The van der Waals surface area contributed by atoms with Crippen molar-refractivity contribution in [2.75, 3.05) is 31.6 Å². The van der Waals surface area contributed by atoms with Gasteiger partial charge in [0.05, 0.1) is 18.4 Å². The summed E-state index contributed by atoms with van der Waals surface area (Å²) in [6.45, 7) is 6.71. The van der Waals surface area contributed by atoms with Crippen molar-refractivity contribution in [1.29, 1.82) is 0 Å². The molecule has 0 unspecified atom stereocenters. The van der Waals surface area contributed by atoms with Crippen LogP contribution in [0.2, 0.25) is 0 Å². The number of methoxy groups -OCH3 is 1. The molecule has 1 aromatic carbocycles. The Hall–Kier alpha value is -2.01. The Morgan fingerprint density at radius 3 is 2.88 bits per heavy atom. The lowest BCUT2D eigenvalue weighted by Crippen LogP contribution is -2.31. The molecule has 0 saturated carbocycles. The van der Waals surface area contributed by atoms with E-state index in [4.69, 9.17) is 4.74 Å². The molecule has 5 heteroatoms. The lowest BCUT2D eigenvalue weighted by molar-refractivity contribution is 0.0948. The highest BCUT2D eigenvalue weighted by molar-refractivity contribution is 7.12. The monoisotopic (exact) mass is 344 g/mol. The number of anilines is 1. The number of amides is 1. The van der Waals surface area contributed by atoms with Crippen LogP contribution in [0.15, 0.2) is 30.3 Å². The van der Waals surface area contributed by atoms with Gasteiger partial charge in [0.2, 0.25) is 0 Å². The van der Waals surface area contributed by atoms with Crippen LogP contribution >= 0.6 is 11.3 Å². The molecule has 1 N–H and O–H groups in total. The number of ether oxygens (including phenoxy) is 1. The number of carbonyl (C=O) groups excluding carboxylic acids is 1. The first-order chi connectivity index (χ1) is 11.6. The molecule has 1 amide bonds. The molecule has 128 valence electrons. The summed E-state index contributed by atoms with van der Waals surface area (Å²) in [5.41, 5.74) is 1.95. The Morgan fingerprint density at radius 1 is 1.38 bits per heavy atom. The molecule has 1 atom stereocenters. The quantitative estimate of drug-likeness (QED) is 0.900. The fraction of sp³-hybridized carbons (Fsp3) is 0.421. The second kappa shape index (κ2) is 7.26. The van der Waals surface area contributed by atoms with Crippen LogP contribution in [-0.2, 0) is 0 Å². The summed E-state index contributed by atoms with van der Waals surface area (Å²) in [5.74, 6) is 1.43. The van der Waals surface area contributed by atoms with Gasteiger partial charge in [-0.15, -0.1) is 11.3 Å². The number of hydrogen-bond donors (Lipinski definition) is 1. The molecule has 0 aliphatic carbocycles. The van der Waals surface area contributed by atoms with Crippen LogP contribution in [0, 0.1) is 19.8 Å². The van der Waals surface area contributed by atoms with E-state index in [0.29, 0.717) is 5.92 Å². The van der Waals surface area contributed by atoms with E-state index in [2.05, 4.69) is 16.3 Å². The second-order valence-corrected chi connectivity index (χ2v) is 7.77. The number of thiophene rings is 1. The number of benzene rings is 1. The number of para-hydroxylation sites is 2. The topological polar surface area (TPSA) is 41.6 Å². The molecule has 1 saturated heterocycles. The molecular weight excluding hydrogens is 320 g/mol. The van der Waals surface area contributed by atoms with Crippen LogP contribution in [0.5, 0.6) is 5.75 Å². The molecular formula is C19H24N2O2S. The van der Waals surface area contributed by atoms with Crippen molar-refractivity contribution in [3.05, 3.63) is 45.6 Å². The molecule has 0 spiro atoms. The lowest BCUT2D eigenvalue weighted by Gasteiger charge is -2.21. The van der Waals surface area contributed by atoms with Crippen LogP contribution in [0.4, 0.5) is 5.69 Å². The van der Waals surface area contributed by atoms with Gasteiger partial charge in [0.15, 0.2) is 0 Å². The van der Waals surface area contributed by atoms with Crippen LogP contribution in [0.25, 0.3) is 0 Å². The van der Waals surface area contributed by atoms with Crippen molar-refractivity contribution in [3.8, 4) is 5.75 Å². The zero-order chi connectivity index (χ0) is 17.1. The largest absolute Gasteiger partial charge is 0.495 e. The fourth-order valence-corrected chi connectivity index (χ4v) is 4.22. The maximum atomic E-state index is 12.3. The van der Waals surface area contributed by atoms with Crippen molar-refractivity contribution in [2.45, 2.75) is 20.3 Å². The number of nitrogens with one attached hydrogen (secondary N) is 1. The van der Waals surface area contributed by atoms with E-state index in [1.807, 2.05) is 38.1 Å². The van der Waals surface area contributed by atoms with Crippen LogP contribution in [0.1, 0.15) is 26.5 Å². The maximum absolute atomic E-state index is 12.3. The summed E-state index contributed by atoms with van der Waals surface area (Å²) in [6.07, 6.45) is 1.08. The first-order valence-corrected chi connectivity index (χ1v) is 9.13. The predicted octanol–water partition coefficient (Wildman–Crippen LogP) is 3.63. The Bertz CT molecular complexity index is 726.